The average molecular weight is 382 g/mol. The Balaban J connectivity index is 0.000000541. The molecule has 0 spiro atoms. The van der Waals surface area contributed by atoms with Gasteiger partial charge >= 0.3 is 0 Å². The number of ether oxygens (including phenoxy) is 2. The van der Waals surface area contributed by atoms with E-state index < -0.39 is 9.23 Å². The summed E-state index contributed by atoms with van der Waals surface area (Å²) in [4.78, 5) is 0. The smallest absolute Gasteiger partial charge is 0.211 e. The maximum Gasteiger partial charge on any atom is 0.211 e. The summed E-state index contributed by atoms with van der Waals surface area (Å²) in [5, 5.41) is 0. The Hall–Kier alpha value is -0.940. The minimum absolute atomic E-state index is 0.468. The third-order valence-electron chi connectivity index (χ3n) is 2.62. The zero-order valence-electron chi connectivity index (χ0n) is 11.8. The fraction of sp³-hybridized carbons (Fsp3) is 0.200. The van der Waals surface area contributed by atoms with Crippen molar-refractivity contribution in [2.24, 2.45) is 0 Å². The summed E-state index contributed by atoms with van der Waals surface area (Å²) < 4.78 is 20.1. The van der Waals surface area contributed by atoms with Gasteiger partial charge in [-0.25, -0.2) is 4.21 Å². The Morgan fingerprint density at radius 3 is 2.18 bits per heavy atom. The number of methoxy groups -OCH3 is 1. The van der Waals surface area contributed by atoms with Crippen LogP contribution in [0.25, 0.3) is 0 Å². The minimum Gasteiger partial charge on any atom is -0.493 e. The van der Waals surface area contributed by atoms with Crippen LogP contribution < -0.4 is 9.47 Å². The molecule has 0 heterocycles. The lowest BCUT2D eigenvalue weighted by Crippen LogP contribution is -1.98. The molecule has 0 aromatic heterocycles. The molecule has 0 atom stereocenters. The van der Waals surface area contributed by atoms with Crippen molar-refractivity contribution in [3.05, 3.63) is 59.7 Å². The molecule has 0 aliphatic heterocycles. The Morgan fingerprint density at radius 2 is 1.64 bits per heavy atom. The second-order valence-corrected chi connectivity index (χ2v) is 6.87. The van der Waals surface area contributed by atoms with Crippen LogP contribution in [0.5, 0.6) is 11.5 Å². The molecule has 0 radical (unpaired) electrons. The van der Waals surface area contributed by atoms with Crippen molar-refractivity contribution in [1.82, 2.24) is 0 Å². The van der Waals surface area contributed by atoms with Crippen LogP contribution in [0.2, 0.25) is 0 Å². The predicted molar refractivity (Wildman–Crippen MR) is 93.2 cm³/mol. The number of alkyl halides is 1. The van der Waals surface area contributed by atoms with Gasteiger partial charge in [0, 0.05) is 27.2 Å². The van der Waals surface area contributed by atoms with E-state index in [2.05, 4.69) is 21.4 Å². The second kappa shape index (κ2) is 10.7. The number of halogens is 3. The molecule has 0 N–H and O–H groups in total. The van der Waals surface area contributed by atoms with Crippen LogP contribution in [-0.2, 0) is 21.7 Å². The van der Waals surface area contributed by atoms with Gasteiger partial charge in [-0.3, -0.25) is 0 Å². The predicted octanol–water partition coefficient (Wildman–Crippen LogP) is 5.06. The van der Waals surface area contributed by atoms with Crippen molar-refractivity contribution in [1.29, 1.82) is 0 Å². The summed E-state index contributed by atoms with van der Waals surface area (Å²) in [6.45, 7) is 0.525. The summed E-state index contributed by atoms with van der Waals surface area (Å²) in [5.41, 5.74) is 2.14. The van der Waals surface area contributed by atoms with Gasteiger partial charge in [0.2, 0.25) is 9.23 Å². The number of hydrogen-bond donors (Lipinski definition) is 0. The van der Waals surface area contributed by atoms with Crippen LogP contribution in [0.15, 0.2) is 48.5 Å². The Morgan fingerprint density at radius 1 is 1.00 bits per heavy atom. The molecule has 0 aliphatic rings. The Labute approximate surface area is 146 Å². The molecule has 0 saturated heterocycles. The Kier molecular flexibility index (Phi) is 9.32. The van der Waals surface area contributed by atoms with Gasteiger partial charge in [-0.05, 0) is 23.3 Å². The van der Waals surface area contributed by atoms with Crippen molar-refractivity contribution in [3.63, 3.8) is 0 Å². The highest BCUT2D eigenvalue weighted by molar-refractivity contribution is 8.26. The van der Waals surface area contributed by atoms with E-state index in [0.717, 1.165) is 16.9 Å². The molecular weight excluding hydrogens is 367 g/mol. The maximum absolute atomic E-state index is 9.09. The highest BCUT2D eigenvalue weighted by atomic mass is 36.0. The van der Waals surface area contributed by atoms with Crippen LogP contribution in [0.1, 0.15) is 11.1 Å². The minimum atomic E-state index is -1.67. The van der Waals surface area contributed by atoms with Gasteiger partial charge in [-0.2, -0.15) is 0 Å². The molecule has 0 amide bonds. The van der Waals surface area contributed by atoms with E-state index in [1.54, 1.807) is 7.11 Å². The average Bonchev–Trinajstić information content (AvgIpc) is 2.53. The van der Waals surface area contributed by atoms with Gasteiger partial charge in [0.05, 0.1) is 7.11 Å². The largest absolute Gasteiger partial charge is 0.493 e. The molecule has 7 heteroatoms. The van der Waals surface area contributed by atoms with Gasteiger partial charge in [0.1, 0.15) is 6.61 Å². The topological polar surface area (TPSA) is 35.5 Å². The summed E-state index contributed by atoms with van der Waals surface area (Å²) in [6, 6.07) is 15.8. The normalized spacial score (nSPS) is 9.86. The van der Waals surface area contributed by atoms with E-state index in [9.17, 15) is 0 Å². The first-order valence-corrected chi connectivity index (χ1v) is 9.54. The van der Waals surface area contributed by atoms with Gasteiger partial charge in [-0.15, -0.1) is 11.6 Å². The summed E-state index contributed by atoms with van der Waals surface area (Å²) >= 11 is 5.78. The van der Waals surface area contributed by atoms with Crippen molar-refractivity contribution < 1.29 is 13.7 Å². The van der Waals surface area contributed by atoms with E-state index >= 15 is 0 Å². The van der Waals surface area contributed by atoms with E-state index in [1.165, 1.54) is 0 Å². The maximum atomic E-state index is 9.09. The molecule has 22 heavy (non-hydrogen) atoms. The quantitative estimate of drug-likeness (QED) is 0.536. The van der Waals surface area contributed by atoms with Crippen LogP contribution in [0.3, 0.4) is 0 Å². The van der Waals surface area contributed by atoms with Crippen LogP contribution in [0, 0.1) is 0 Å². The molecule has 2 aromatic rings. The first-order valence-electron chi connectivity index (χ1n) is 6.20. The lowest BCUT2D eigenvalue weighted by Gasteiger charge is -2.11. The summed E-state index contributed by atoms with van der Waals surface area (Å²) in [5.74, 6) is 1.91. The fourth-order valence-electron chi connectivity index (χ4n) is 1.65. The lowest BCUT2D eigenvalue weighted by molar-refractivity contribution is 0.284. The molecular formula is C15H15Cl3O3S. The molecule has 0 saturated carbocycles. The Bertz CT molecular complexity index is 590. The fourth-order valence-corrected chi connectivity index (χ4v) is 1.82. The van der Waals surface area contributed by atoms with Crippen LogP contribution in [-0.4, -0.2) is 11.3 Å². The number of benzene rings is 2. The summed E-state index contributed by atoms with van der Waals surface area (Å²) in [6.07, 6.45) is 0. The molecule has 2 aromatic carbocycles. The number of hydrogen-bond acceptors (Lipinski definition) is 3. The molecule has 0 bridgehead atoms. The lowest BCUT2D eigenvalue weighted by atomic mass is 10.2. The molecule has 0 fully saturated rings. The highest BCUT2D eigenvalue weighted by Crippen LogP contribution is 2.29. The van der Waals surface area contributed by atoms with Crippen LogP contribution in [0.4, 0.5) is 0 Å². The summed E-state index contributed by atoms with van der Waals surface area (Å²) in [7, 11) is 8.99. The van der Waals surface area contributed by atoms with Gasteiger partial charge in [-0.1, -0.05) is 36.4 Å². The van der Waals surface area contributed by atoms with Crippen LogP contribution >= 0.6 is 33.0 Å². The molecule has 120 valence electrons. The third-order valence-corrected chi connectivity index (χ3v) is 2.93. The van der Waals surface area contributed by atoms with Gasteiger partial charge < -0.3 is 9.47 Å². The monoisotopic (exact) mass is 380 g/mol. The molecule has 2 rings (SSSR count). The van der Waals surface area contributed by atoms with Crippen molar-refractivity contribution >= 4 is 42.2 Å². The zero-order valence-corrected chi connectivity index (χ0v) is 14.9. The molecule has 0 unspecified atom stereocenters. The van der Waals surface area contributed by atoms with E-state index in [4.69, 9.17) is 25.3 Å². The first kappa shape index (κ1) is 19.1. The molecule has 3 nitrogen and oxygen atoms in total. The molecule has 0 aliphatic carbocycles. The highest BCUT2D eigenvalue weighted by Gasteiger charge is 2.05. The standard InChI is InChI=1S/C15H15ClO2.Cl2OS/c1-17-15-9-13(10-16)7-8-14(15)18-11-12-5-3-2-4-6-12;1-4(2)3/h2-9H,10-11H2,1H3;. The second-order valence-electron chi connectivity index (χ2n) is 4.08. The van der Waals surface area contributed by atoms with E-state index in [1.807, 2.05) is 48.5 Å². The van der Waals surface area contributed by atoms with E-state index in [0.29, 0.717) is 18.2 Å². The first-order chi connectivity index (χ1) is 10.6. The van der Waals surface area contributed by atoms with Crippen molar-refractivity contribution in [2.75, 3.05) is 7.11 Å². The van der Waals surface area contributed by atoms with Crippen molar-refractivity contribution in [2.45, 2.75) is 12.5 Å². The zero-order chi connectivity index (χ0) is 16.4. The van der Waals surface area contributed by atoms with Crippen molar-refractivity contribution in [3.8, 4) is 11.5 Å². The van der Waals surface area contributed by atoms with E-state index in [-0.39, 0.29) is 0 Å². The van der Waals surface area contributed by atoms with Gasteiger partial charge in [0.25, 0.3) is 0 Å². The number of rotatable bonds is 5. The third kappa shape index (κ3) is 7.36. The SMILES string of the molecule is COc1cc(CCl)ccc1OCc1ccccc1.O=S(Cl)Cl. The van der Waals surface area contributed by atoms with Gasteiger partial charge in [0.15, 0.2) is 11.5 Å².